The van der Waals surface area contributed by atoms with Gasteiger partial charge in [0.2, 0.25) is 0 Å². The number of hydrogen-bond acceptors (Lipinski definition) is 4. The molecule has 1 N–H and O–H groups in total. The smallest absolute Gasteiger partial charge is 0.315 e. The van der Waals surface area contributed by atoms with Crippen molar-refractivity contribution in [3.63, 3.8) is 0 Å². The molecule has 1 aromatic heterocycles. The number of fused-ring (bicyclic) bond motifs is 1. The number of carboxylic acid groups (broad SMARTS) is 1. The second-order valence-electron chi connectivity index (χ2n) is 4.83. The molecule has 6 heteroatoms. The van der Waals surface area contributed by atoms with Crippen LogP contribution in [0.5, 0.6) is 6.01 Å². The van der Waals surface area contributed by atoms with Crippen LogP contribution >= 0.6 is 0 Å². The van der Waals surface area contributed by atoms with Gasteiger partial charge in [-0.2, -0.15) is 4.98 Å². The van der Waals surface area contributed by atoms with Crippen LogP contribution in [0.1, 0.15) is 24.2 Å². The third-order valence-electron chi connectivity index (χ3n) is 3.94. The van der Waals surface area contributed by atoms with E-state index in [0.29, 0.717) is 44.4 Å². The van der Waals surface area contributed by atoms with Crippen LogP contribution in [0.3, 0.4) is 0 Å². The zero-order valence-electron chi connectivity index (χ0n) is 10.3. The van der Waals surface area contributed by atoms with Crippen LogP contribution in [0.15, 0.2) is 0 Å². The maximum atomic E-state index is 11.7. The first-order chi connectivity index (χ1) is 8.65. The average Bonchev–Trinajstić information content (AvgIpc) is 2.94. The molecule has 0 amide bonds. The van der Waals surface area contributed by atoms with Crippen molar-refractivity contribution in [3.05, 3.63) is 11.4 Å². The van der Waals surface area contributed by atoms with Gasteiger partial charge in [0.25, 0.3) is 6.01 Å². The Hall–Kier alpha value is -1.56. The summed E-state index contributed by atoms with van der Waals surface area (Å²) in [4.78, 5) is 16.1. The molecule has 2 aliphatic rings. The third kappa shape index (κ3) is 1.45. The summed E-state index contributed by atoms with van der Waals surface area (Å²) in [7, 11) is 0. The van der Waals surface area contributed by atoms with Gasteiger partial charge in [-0.05, 0) is 19.8 Å². The van der Waals surface area contributed by atoms with E-state index in [0.717, 1.165) is 12.2 Å². The third-order valence-corrected chi connectivity index (χ3v) is 3.94. The van der Waals surface area contributed by atoms with Crippen molar-refractivity contribution < 1.29 is 19.4 Å². The molecule has 0 saturated carbocycles. The molecule has 3 rings (SSSR count). The topological polar surface area (TPSA) is 73.6 Å². The van der Waals surface area contributed by atoms with Crippen molar-refractivity contribution in [2.24, 2.45) is 0 Å². The first-order valence-corrected chi connectivity index (χ1v) is 6.17. The van der Waals surface area contributed by atoms with Gasteiger partial charge in [0.1, 0.15) is 12.0 Å². The maximum Gasteiger partial charge on any atom is 0.315 e. The summed E-state index contributed by atoms with van der Waals surface area (Å²) in [6, 6.07) is 0.551. The molecule has 1 fully saturated rings. The summed E-state index contributed by atoms with van der Waals surface area (Å²) in [5, 5.41) is 9.61. The molecule has 0 radical (unpaired) electrons. The molecule has 3 heterocycles. The molecule has 1 saturated heterocycles. The Bertz CT molecular complexity index is 489. The summed E-state index contributed by atoms with van der Waals surface area (Å²) in [6.07, 6.45) is 0.944. The number of nitrogens with zero attached hydrogens (tertiary/aromatic N) is 2. The molecule has 6 nitrogen and oxygen atoms in total. The van der Waals surface area contributed by atoms with E-state index in [-0.39, 0.29) is 0 Å². The molecule has 1 aromatic rings. The van der Waals surface area contributed by atoms with Gasteiger partial charge in [0.15, 0.2) is 0 Å². The number of hydrogen-bond donors (Lipinski definition) is 1. The number of aromatic nitrogens is 2. The molecule has 0 atom stereocenters. The number of carbonyl (C=O) groups is 1. The van der Waals surface area contributed by atoms with Crippen molar-refractivity contribution in [1.29, 1.82) is 0 Å². The molecule has 2 aliphatic heterocycles. The summed E-state index contributed by atoms with van der Waals surface area (Å²) in [5.41, 5.74) is 0.642. The van der Waals surface area contributed by atoms with E-state index >= 15 is 0 Å². The molecule has 98 valence electrons. The maximum absolute atomic E-state index is 11.7. The lowest BCUT2D eigenvalue weighted by Gasteiger charge is -2.32. The Morgan fingerprint density at radius 1 is 1.39 bits per heavy atom. The minimum absolute atomic E-state index is 0.467. The minimum Gasteiger partial charge on any atom is -0.481 e. The van der Waals surface area contributed by atoms with Gasteiger partial charge in [-0.3, -0.25) is 9.36 Å². The van der Waals surface area contributed by atoms with Crippen LogP contribution in [-0.2, 0) is 21.5 Å². The molecular formula is C12H16N2O4. The van der Waals surface area contributed by atoms with Crippen LogP contribution in [-0.4, -0.2) is 40.4 Å². The largest absolute Gasteiger partial charge is 0.481 e. The summed E-state index contributed by atoms with van der Waals surface area (Å²) in [5.74, 6) is -0.814. The monoisotopic (exact) mass is 252 g/mol. The van der Waals surface area contributed by atoms with Gasteiger partial charge >= 0.3 is 5.97 Å². The van der Waals surface area contributed by atoms with Crippen molar-refractivity contribution in [2.75, 3.05) is 19.8 Å². The zero-order valence-corrected chi connectivity index (χ0v) is 10.3. The molecule has 0 unspecified atom stereocenters. The predicted molar refractivity (Wildman–Crippen MR) is 61.8 cm³/mol. The van der Waals surface area contributed by atoms with Crippen molar-refractivity contribution in [1.82, 2.24) is 9.55 Å². The normalized spacial score (nSPS) is 21.4. The number of ether oxygens (including phenoxy) is 2. The number of carboxylic acids is 1. The van der Waals surface area contributed by atoms with E-state index in [9.17, 15) is 9.90 Å². The summed E-state index contributed by atoms with van der Waals surface area (Å²) < 4.78 is 12.6. The van der Waals surface area contributed by atoms with Gasteiger partial charge in [-0.25, -0.2) is 0 Å². The second-order valence-corrected chi connectivity index (χ2v) is 4.83. The fourth-order valence-electron chi connectivity index (χ4n) is 2.84. The van der Waals surface area contributed by atoms with Gasteiger partial charge in [-0.15, -0.1) is 0 Å². The lowest BCUT2D eigenvalue weighted by molar-refractivity contribution is -0.148. The fourth-order valence-corrected chi connectivity index (χ4v) is 2.84. The van der Waals surface area contributed by atoms with Crippen LogP contribution < -0.4 is 4.74 Å². The zero-order chi connectivity index (χ0) is 12.8. The van der Waals surface area contributed by atoms with Crippen molar-refractivity contribution in [2.45, 2.75) is 31.7 Å². The molecule has 0 aromatic carbocycles. The number of rotatable bonds is 2. The van der Waals surface area contributed by atoms with Gasteiger partial charge in [0, 0.05) is 18.9 Å². The van der Waals surface area contributed by atoms with Crippen molar-refractivity contribution >= 4 is 5.97 Å². The first kappa shape index (κ1) is 11.5. The highest BCUT2D eigenvalue weighted by Gasteiger charge is 2.46. The summed E-state index contributed by atoms with van der Waals surface area (Å²) >= 11 is 0. The highest BCUT2D eigenvalue weighted by molar-refractivity contribution is 5.81. The van der Waals surface area contributed by atoms with Gasteiger partial charge in [0.05, 0.1) is 12.2 Å². The van der Waals surface area contributed by atoms with E-state index in [1.165, 1.54) is 0 Å². The van der Waals surface area contributed by atoms with Gasteiger partial charge in [-0.1, -0.05) is 0 Å². The predicted octanol–water partition coefficient (Wildman–Crippen LogP) is 0.717. The average molecular weight is 252 g/mol. The Labute approximate surface area is 105 Å². The molecule has 0 spiro atoms. The van der Waals surface area contributed by atoms with E-state index in [1.807, 2.05) is 11.5 Å². The minimum atomic E-state index is -0.914. The molecule has 18 heavy (non-hydrogen) atoms. The lowest BCUT2D eigenvalue weighted by Crippen LogP contribution is -2.42. The number of aliphatic carboxylic acids is 1. The van der Waals surface area contributed by atoms with E-state index in [2.05, 4.69) is 4.98 Å². The Morgan fingerprint density at radius 3 is 2.72 bits per heavy atom. The first-order valence-electron chi connectivity index (χ1n) is 6.17. The lowest BCUT2D eigenvalue weighted by atomic mass is 9.76. The Balaban J connectivity index is 2.08. The van der Waals surface area contributed by atoms with Gasteiger partial charge < -0.3 is 14.6 Å². The molecule has 0 bridgehead atoms. The standard InChI is InChI=1S/C12H16N2O4/c1-8-9(13-11-14(8)4-7-18-11)12(10(15)16)2-5-17-6-3-12/h2-7H2,1H3,(H,15,16). The van der Waals surface area contributed by atoms with Crippen LogP contribution in [0.4, 0.5) is 0 Å². The van der Waals surface area contributed by atoms with E-state index < -0.39 is 11.4 Å². The summed E-state index contributed by atoms with van der Waals surface area (Å²) in [6.45, 7) is 4.22. The van der Waals surface area contributed by atoms with Crippen molar-refractivity contribution in [3.8, 4) is 6.01 Å². The fraction of sp³-hybridized carbons (Fsp3) is 0.667. The highest BCUT2D eigenvalue weighted by atomic mass is 16.5. The second kappa shape index (κ2) is 3.98. The van der Waals surface area contributed by atoms with Crippen LogP contribution in [0, 0.1) is 6.92 Å². The Morgan fingerprint density at radius 2 is 2.11 bits per heavy atom. The van der Waals surface area contributed by atoms with Crippen LogP contribution in [0.25, 0.3) is 0 Å². The number of imidazole rings is 1. The Kier molecular flexibility index (Phi) is 2.55. The molecule has 0 aliphatic carbocycles. The van der Waals surface area contributed by atoms with Crippen LogP contribution in [0.2, 0.25) is 0 Å². The molecular weight excluding hydrogens is 236 g/mol. The highest BCUT2D eigenvalue weighted by Crippen LogP contribution is 2.38. The SMILES string of the molecule is Cc1c(C2(C(=O)O)CCOCC2)nc2n1CCO2. The van der Waals surface area contributed by atoms with E-state index in [1.54, 1.807) is 0 Å². The van der Waals surface area contributed by atoms with E-state index in [4.69, 9.17) is 9.47 Å². The quantitative estimate of drug-likeness (QED) is 0.839.